The van der Waals surface area contributed by atoms with Crippen LogP contribution < -0.4 is 0 Å². The number of carbonyl (C=O) groups is 1. The van der Waals surface area contributed by atoms with Gasteiger partial charge in [-0.2, -0.15) is 10.4 Å². The van der Waals surface area contributed by atoms with Gasteiger partial charge in [0.25, 0.3) is 5.91 Å². The predicted octanol–water partition coefficient (Wildman–Crippen LogP) is 0.841. The van der Waals surface area contributed by atoms with Gasteiger partial charge in [0.2, 0.25) is 0 Å². The number of amides is 1. The zero-order valence-electron chi connectivity index (χ0n) is 10.0. The highest BCUT2D eigenvalue weighted by molar-refractivity contribution is 5.95. The molecule has 2 aromatic heterocycles. The highest BCUT2D eigenvalue weighted by Gasteiger charge is 2.19. The molecule has 6 nitrogen and oxygen atoms in total. The number of hydrogen-bond acceptors (Lipinski definition) is 4. The third kappa shape index (κ3) is 1.94. The van der Waals surface area contributed by atoms with Crippen LogP contribution in [0.4, 0.5) is 0 Å². The minimum absolute atomic E-state index is 0.187. The van der Waals surface area contributed by atoms with Crippen molar-refractivity contribution in [1.82, 2.24) is 19.7 Å². The Balaban J connectivity index is 2.54. The molecule has 0 spiro atoms. The average molecular weight is 241 g/mol. The van der Waals surface area contributed by atoms with Gasteiger partial charge in [-0.05, 0) is 12.1 Å². The molecule has 0 saturated carbocycles. The fourth-order valence-corrected chi connectivity index (χ4v) is 1.51. The summed E-state index contributed by atoms with van der Waals surface area (Å²) in [5, 5.41) is 13.2. The monoisotopic (exact) mass is 241 g/mol. The van der Waals surface area contributed by atoms with Crippen LogP contribution in [-0.2, 0) is 0 Å². The molecule has 6 heteroatoms. The summed E-state index contributed by atoms with van der Waals surface area (Å²) < 4.78 is 1.36. The molecule has 90 valence electrons. The summed E-state index contributed by atoms with van der Waals surface area (Å²) in [6.07, 6.45) is 2.99. The van der Waals surface area contributed by atoms with Crippen molar-refractivity contribution >= 4 is 5.91 Å². The summed E-state index contributed by atoms with van der Waals surface area (Å²) in [6, 6.07) is 7.27. The number of nitriles is 1. The lowest BCUT2D eigenvalue weighted by atomic mass is 10.2. The normalized spacial score (nSPS) is 9.83. The summed E-state index contributed by atoms with van der Waals surface area (Å²) >= 11 is 0. The van der Waals surface area contributed by atoms with E-state index in [2.05, 4.69) is 10.1 Å². The van der Waals surface area contributed by atoms with Crippen molar-refractivity contribution in [2.75, 3.05) is 14.1 Å². The Labute approximate surface area is 104 Å². The number of hydrogen-bond donors (Lipinski definition) is 0. The Morgan fingerprint density at radius 2 is 2.22 bits per heavy atom. The molecule has 0 bridgehead atoms. The van der Waals surface area contributed by atoms with Gasteiger partial charge in [-0.1, -0.05) is 6.07 Å². The second kappa shape index (κ2) is 4.67. The molecule has 2 rings (SSSR count). The van der Waals surface area contributed by atoms with Crippen LogP contribution in [0.5, 0.6) is 0 Å². The van der Waals surface area contributed by atoms with Crippen LogP contribution in [0.2, 0.25) is 0 Å². The molecule has 0 atom stereocenters. The second-order valence-corrected chi connectivity index (χ2v) is 3.82. The Morgan fingerprint density at radius 1 is 1.44 bits per heavy atom. The van der Waals surface area contributed by atoms with E-state index in [0.717, 1.165) is 0 Å². The van der Waals surface area contributed by atoms with Crippen LogP contribution in [-0.4, -0.2) is 39.7 Å². The summed E-state index contributed by atoms with van der Waals surface area (Å²) in [4.78, 5) is 17.4. The van der Waals surface area contributed by atoms with E-state index in [9.17, 15) is 10.1 Å². The molecule has 2 aromatic rings. The van der Waals surface area contributed by atoms with Crippen LogP contribution >= 0.6 is 0 Å². The largest absolute Gasteiger partial charge is 0.345 e. The maximum atomic E-state index is 11.9. The minimum atomic E-state index is -0.256. The molecule has 0 aliphatic rings. The van der Waals surface area contributed by atoms with Crippen molar-refractivity contribution in [2.24, 2.45) is 0 Å². The number of pyridine rings is 1. The quantitative estimate of drug-likeness (QED) is 0.780. The van der Waals surface area contributed by atoms with Crippen molar-refractivity contribution < 1.29 is 4.79 Å². The van der Waals surface area contributed by atoms with Crippen LogP contribution in [0, 0.1) is 11.3 Å². The van der Waals surface area contributed by atoms with E-state index in [0.29, 0.717) is 5.82 Å². The molecule has 0 N–H and O–H groups in total. The Hall–Kier alpha value is -2.68. The van der Waals surface area contributed by atoms with Gasteiger partial charge in [0.1, 0.15) is 6.07 Å². The highest BCUT2D eigenvalue weighted by Crippen LogP contribution is 2.13. The van der Waals surface area contributed by atoms with Crippen molar-refractivity contribution in [2.45, 2.75) is 0 Å². The Morgan fingerprint density at radius 3 is 2.78 bits per heavy atom. The van der Waals surface area contributed by atoms with E-state index in [1.54, 1.807) is 38.5 Å². The first-order valence-electron chi connectivity index (χ1n) is 5.26. The first kappa shape index (κ1) is 11.8. The maximum Gasteiger partial charge on any atom is 0.257 e. The van der Waals surface area contributed by atoms with Gasteiger partial charge >= 0.3 is 0 Å². The van der Waals surface area contributed by atoms with Crippen molar-refractivity contribution in [3.8, 4) is 11.9 Å². The molecule has 0 aromatic carbocycles. The van der Waals surface area contributed by atoms with Gasteiger partial charge in [-0.25, -0.2) is 9.67 Å². The lowest BCUT2D eigenvalue weighted by molar-refractivity contribution is 0.0827. The van der Waals surface area contributed by atoms with Crippen molar-refractivity contribution in [3.63, 3.8) is 0 Å². The van der Waals surface area contributed by atoms with E-state index < -0.39 is 0 Å². The first-order valence-corrected chi connectivity index (χ1v) is 5.26. The van der Waals surface area contributed by atoms with Gasteiger partial charge in [0, 0.05) is 20.3 Å². The SMILES string of the molecule is CN(C)C(=O)c1cnn(-c2ccccn2)c1C#N. The topological polar surface area (TPSA) is 74.8 Å². The van der Waals surface area contributed by atoms with E-state index in [-0.39, 0.29) is 17.2 Å². The third-order valence-corrected chi connectivity index (χ3v) is 2.38. The predicted molar refractivity (Wildman–Crippen MR) is 64.1 cm³/mol. The summed E-state index contributed by atoms with van der Waals surface area (Å²) in [5.74, 6) is 0.251. The van der Waals surface area contributed by atoms with Crippen LogP contribution in [0.1, 0.15) is 16.1 Å². The minimum Gasteiger partial charge on any atom is -0.345 e. The fraction of sp³-hybridized carbons (Fsp3) is 0.167. The highest BCUT2D eigenvalue weighted by atomic mass is 16.2. The standard InChI is InChI=1S/C12H11N5O/c1-16(2)12(18)9-8-15-17(10(9)7-13)11-5-3-4-6-14-11/h3-6,8H,1-2H3. The Kier molecular flexibility index (Phi) is 3.06. The molecule has 2 heterocycles. The third-order valence-electron chi connectivity index (χ3n) is 2.38. The first-order chi connectivity index (χ1) is 8.65. The summed E-state index contributed by atoms with van der Waals surface area (Å²) in [5.41, 5.74) is 0.459. The van der Waals surface area contributed by atoms with Gasteiger partial charge in [0.05, 0.1) is 11.8 Å². The summed E-state index contributed by atoms with van der Waals surface area (Å²) in [6.45, 7) is 0. The summed E-state index contributed by atoms with van der Waals surface area (Å²) in [7, 11) is 3.25. The molecule has 18 heavy (non-hydrogen) atoms. The lowest BCUT2D eigenvalue weighted by Crippen LogP contribution is -2.22. The second-order valence-electron chi connectivity index (χ2n) is 3.82. The lowest BCUT2D eigenvalue weighted by Gasteiger charge is -2.08. The van der Waals surface area contributed by atoms with Crippen molar-refractivity contribution in [3.05, 3.63) is 41.9 Å². The van der Waals surface area contributed by atoms with E-state index in [4.69, 9.17) is 0 Å². The molecule has 0 aliphatic carbocycles. The molecule has 0 fully saturated rings. The van der Waals surface area contributed by atoms with Crippen LogP contribution in [0.3, 0.4) is 0 Å². The number of carbonyl (C=O) groups excluding carboxylic acids is 1. The van der Waals surface area contributed by atoms with E-state index in [1.165, 1.54) is 15.8 Å². The zero-order valence-corrected chi connectivity index (χ0v) is 10.0. The van der Waals surface area contributed by atoms with Gasteiger partial charge in [-0.3, -0.25) is 4.79 Å². The van der Waals surface area contributed by atoms with E-state index >= 15 is 0 Å². The fourth-order valence-electron chi connectivity index (χ4n) is 1.51. The van der Waals surface area contributed by atoms with E-state index in [1.807, 2.05) is 6.07 Å². The zero-order chi connectivity index (χ0) is 13.1. The number of aromatic nitrogens is 3. The number of rotatable bonds is 2. The van der Waals surface area contributed by atoms with Crippen LogP contribution in [0.25, 0.3) is 5.82 Å². The molecular formula is C12H11N5O. The molecule has 0 saturated heterocycles. The van der Waals surface area contributed by atoms with Gasteiger partial charge in [-0.15, -0.1) is 0 Å². The molecule has 0 unspecified atom stereocenters. The van der Waals surface area contributed by atoms with Gasteiger partial charge in [0.15, 0.2) is 11.5 Å². The van der Waals surface area contributed by atoms with Gasteiger partial charge < -0.3 is 4.90 Å². The number of nitrogens with zero attached hydrogens (tertiary/aromatic N) is 5. The van der Waals surface area contributed by atoms with Crippen molar-refractivity contribution in [1.29, 1.82) is 5.26 Å². The molecule has 1 amide bonds. The smallest absolute Gasteiger partial charge is 0.257 e. The Bertz CT molecular complexity index is 609. The molecule has 0 radical (unpaired) electrons. The maximum absolute atomic E-state index is 11.9. The average Bonchev–Trinajstić information content (AvgIpc) is 2.82. The molecular weight excluding hydrogens is 230 g/mol. The van der Waals surface area contributed by atoms with Crippen LogP contribution in [0.15, 0.2) is 30.6 Å². The molecule has 0 aliphatic heterocycles.